The molecule has 32 heavy (non-hydrogen) atoms. The van der Waals surface area contributed by atoms with E-state index < -0.39 is 54.3 Å². The van der Waals surface area contributed by atoms with Gasteiger partial charge in [-0.1, -0.05) is 18.2 Å². The molecule has 0 bridgehead atoms. The summed E-state index contributed by atoms with van der Waals surface area (Å²) in [6.07, 6.45) is -4.19. The maximum Gasteiger partial charge on any atom is 0.338 e. The van der Waals surface area contributed by atoms with Gasteiger partial charge in [0.2, 0.25) is 0 Å². The van der Waals surface area contributed by atoms with Crippen LogP contribution in [0.25, 0.3) is 0 Å². The molecule has 0 saturated carbocycles. The second-order valence-electron chi connectivity index (χ2n) is 7.19. The van der Waals surface area contributed by atoms with Crippen LogP contribution in [0.4, 0.5) is 0 Å². The number of aliphatic hydroxyl groups is 1. The number of Topliss-reactive ketones (excluding diaryl/α,β-unsaturated/α-hetero) is 1. The Balaban J connectivity index is 1.79. The number of H-pyrrole nitrogens is 1. The van der Waals surface area contributed by atoms with Crippen molar-refractivity contribution in [3.8, 4) is 0 Å². The molecule has 1 saturated heterocycles. The summed E-state index contributed by atoms with van der Waals surface area (Å²) in [4.78, 5) is 61.0. The normalized spacial score (nSPS) is 22.3. The van der Waals surface area contributed by atoms with Gasteiger partial charge in [-0.15, -0.1) is 0 Å². The number of ether oxygens (including phenoxy) is 3. The minimum absolute atomic E-state index is 0.0135. The number of carbonyl (C=O) groups is 3. The number of nitrogens with one attached hydrogen (secondary N) is 1. The molecule has 1 fully saturated rings. The molecule has 2 aromatic rings. The van der Waals surface area contributed by atoms with Crippen LogP contribution < -0.4 is 11.2 Å². The molecule has 0 spiro atoms. The van der Waals surface area contributed by atoms with Crippen LogP contribution in [0, 0.1) is 0 Å². The highest BCUT2D eigenvalue weighted by Gasteiger charge is 2.48. The number of benzene rings is 1. The van der Waals surface area contributed by atoms with Gasteiger partial charge in [0.1, 0.15) is 24.6 Å². The number of aromatic amines is 1. The predicted octanol–water partition coefficient (Wildman–Crippen LogP) is -0.0671. The molecule has 2 N–H and O–H groups in total. The third-order valence-electron chi connectivity index (χ3n) is 4.78. The number of hydrogen-bond acceptors (Lipinski definition) is 9. The van der Waals surface area contributed by atoms with Gasteiger partial charge in [-0.3, -0.25) is 19.1 Å². The number of carbonyl (C=O) groups excluding carboxylic acids is 3. The fraction of sp³-hybridized carbons (Fsp3) is 0.381. The number of nitrogens with zero attached hydrogens (tertiary/aromatic N) is 1. The first-order valence-electron chi connectivity index (χ1n) is 9.82. The summed E-state index contributed by atoms with van der Waals surface area (Å²) in [6.45, 7) is 0.946. The monoisotopic (exact) mass is 446 g/mol. The van der Waals surface area contributed by atoms with Gasteiger partial charge < -0.3 is 24.1 Å². The minimum Gasteiger partial charge on any atom is -0.463 e. The van der Waals surface area contributed by atoms with E-state index in [2.05, 4.69) is 4.98 Å². The van der Waals surface area contributed by atoms with E-state index in [1.54, 1.807) is 18.2 Å². The van der Waals surface area contributed by atoms with Crippen molar-refractivity contribution in [3.63, 3.8) is 0 Å². The van der Waals surface area contributed by atoms with Gasteiger partial charge in [0.15, 0.2) is 12.3 Å². The third kappa shape index (κ3) is 5.56. The Kier molecular flexibility index (Phi) is 7.33. The molecule has 1 aliphatic rings. The first kappa shape index (κ1) is 23.1. The van der Waals surface area contributed by atoms with Gasteiger partial charge in [0.25, 0.3) is 5.56 Å². The molecule has 11 heteroatoms. The van der Waals surface area contributed by atoms with Crippen molar-refractivity contribution in [1.29, 1.82) is 0 Å². The van der Waals surface area contributed by atoms with Crippen molar-refractivity contribution in [1.82, 2.24) is 9.55 Å². The average Bonchev–Trinajstić information content (AvgIpc) is 3.06. The Morgan fingerprint density at radius 2 is 1.84 bits per heavy atom. The van der Waals surface area contributed by atoms with Gasteiger partial charge in [-0.05, 0) is 19.1 Å². The maximum atomic E-state index is 12.5. The first-order chi connectivity index (χ1) is 15.3. The Labute approximate surface area is 181 Å². The van der Waals surface area contributed by atoms with E-state index in [1.165, 1.54) is 19.1 Å². The molecule has 3 rings (SSSR count). The standard InChI is InChI=1S/C21H22N2O9/c1-12(24)7-8-16(26)30-11-14-17(27)18(32-20(28)13-5-3-2-4-6-13)19(31-14)23-10-9-15(25)22-21(23)29/h2-6,9-10,14,17-19,27H,7-8,11H2,1H3,(H,22,25,29)/t14-,17-,18-,19-/m1/s1. The van der Waals surface area contributed by atoms with E-state index >= 15 is 0 Å². The van der Waals surface area contributed by atoms with Crippen molar-refractivity contribution in [2.24, 2.45) is 0 Å². The zero-order valence-electron chi connectivity index (χ0n) is 17.1. The highest BCUT2D eigenvalue weighted by Crippen LogP contribution is 2.31. The topological polar surface area (TPSA) is 154 Å². The molecule has 0 aliphatic carbocycles. The van der Waals surface area contributed by atoms with Gasteiger partial charge in [0.05, 0.1) is 12.0 Å². The number of ketones is 1. The molecule has 2 heterocycles. The Morgan fingerprint density at radius 1 is 1.12 bits per heavy atom. The zero-order chi connectivity index (χ0) is 23.3. The van der Waals surface area contributed by atoms with Gasteiger partial charge in [0, 0.05) is 18.7 Å². The van der Waals surface area contributed by atoms with Crippen LogP contribution in [0.3, 0.4) is 0 Å². The molecule has 4 atom stereocenters. The predicted molar refractivity (Wildman–Crippen MR) is 108 cm³/mol. The molecule has 1 aliphatic heterocycles. The molecule has 0 amide bonds. The van der Waals surface area contributed by atoms with Crippen LogP contribution in [-0.2, 0) is 23.8 Å². The molecule has 170 valence electrons. The van der Waals surface area contributed by atoms with E-state index in [1.807, 2.05) is 0 Å². The maximum absolute atomic E-state index is 12.5. The number of aromatic nitrogens is 2. The SMILES string of the molecule is CC(=O)CCC(=O)OC[C@H]1O[C@@H](n2ccc(=O)[nH]c2=O)[C@H](OC(=O)c2ccccc2)[C@@H]1O. The smallest absolute Gasteiger partial charge is 0.338 e. The lowest BCUT2D eigenvalue weighted by Gasteiger charge is -2.22. The van der Waals surface area contributed by atoms with Crippen LogP contribution in [0.1, 0.15) is 36.4 Å². The minimum atomic E-state index is -1.45. The first-order valence-corrected chi connectivity index (χ1v) is 9.82. The summed E-state index contributed by atoms with van der Waals surface area (Å²) >= 11 is 0. The van der Waals surface area contributed by atoms with E-state index in [-0.39, 0.29) is 24.2 Å². The van der Waals surface area contributed by atoms with E-state index in [9.17, 15) is 29.1 Å². The highest BCUT2D eigenvalue weighted by atomic mass is 16.6. The zero-order valence-corrected chi connectivity index (χ0v) is 17.1. The summed E-state index contributed by atoms with van der Waals surface area (Å²) in [5, 5.41) is 10.7. The summed E-state index contributed by atoms with van der Waals surface area (Å²) in [6, 6.07) is 9.07. The highest BCUT2D eigenvalue weighted by molar-refractivity contribution is 5.89. The lowest BCUT2D eigenvalue weighted by Crippen LogP contribution is -2.40. The summed E-state index contributed by atoms with van der Waals surface area (Å²) in [5.74, 6) is -1.61. The van der Waals surface area contributed by atoms with Crippen LogP contribution >= 0.6 is 0 Å². The van der Waals surface area contributed by atoms with Crippen LogP contribution in [-0.4, -0.2) is 57.3 Å². The molecular weight excluding hydrogens is 424 g/mol. The third-order valence-corrected chi connectivity index (χ3v) is 4.78. The van der Waals surface area contributed by atoms with Gasteiger partial charge in [-0.2, -0.15) is 0 Å². The number of rotatable bonds is 8. The number of aliphatic hydroxyl groups excluding tert-OH is 1. The van der Waals surface area contributed by atoms with Gasteiger partial charge in [-0.25, -0.2) is 9.59 Å². The second-order valence-corrected chi connectivity index (χ2v) is 7.19. The van der Waals surface area contributed by atoms with Crippen molar-refractivity contribution in [2.75, 3.05) is 6.61 Å². The van der Waals surface area contributed by atoms with Crippen LogP contribution in [0.5, 0.6) is 0 Å². The van der Waals surface area contributed by atoms with E-state index in [0.29, 0.717) is 0 Å². The van der Waals surface area contributed by atoms with E-state index in [0.717, 1.165) is 16.8 Å². The van der Waals surface area contributed by atoms with Gasteiger partial charge >= 0.3 is 17.6 Å². The molecule has 0 radical (unpaired) electrons. The fourth-order valence-corrected chi connectivity index (χ4v) is 3.13. The molecule has 1 aromatic carbocycles. The van der Waals surface area contributed by atoms with Crippen molar-refractivity contribution in [3.05, 3.63) is 69.0 Å². The summed E-state index contributed by atoms with van der Waals surface area (Å²) in [7, 11) is 0. The summed E-state index contributed by atoms with van der Waals surface area (Å²) in [5.41, 5.74) is -1.26. The van der Waals surface area contributed by atoms with Crippen molar-refractivity contribution in [2.45, 2.75) is 44.3 Å². The second kappa shape index (κ2) is 10.2. The van der Waals surface area contributed by atoms with E-state index in [4.69, 9.17) is 14.2 Å². The molecule has 1 aromatic heterocycles. The number of hydrogen-bond donors (Lipinski definition) is 2. The fourth-order valence-electron chi connectivity index (χ4n) is 3.13. The largest absolute Gasteiger partial charge is 0.463 e. The Bertz CT molecular complexity index is 1090. The molecule has 0 unspecified atom stereocenters. The van der Waals surface area contributed by atoms with Crippen molar-refractivity contribution >= 4 is 17.7 Å². The molecule has 11 nitrogen and oxygen atoms in total. The number of esters is 2. The van der Waals surface area contributed by atoms with Crippen molar-refractivity contribution < 1.29 is 33.7 Å². The van der Waals surface area contributed by atoms with Crippen LogP contribution in [0.2, 0.25) is 0 Å². The average molecular weight is 446 g/mol. The Hall–Kier alpha value is -3.57. The van der Waals surface area contributed by atoms with Crippen LogP contribution in [0.15, 0.2) is 52.2 Å². The lowest BCUT2D eigenvalue weighted by molar-refractivity contribution is -0.151. The lowest BCUT2D eigenvalue weighted by atomic mass is 10.1. The quantitative estimate of drug-likeness (QED) is 0.530. The Morgan fingerprint density at radius 3 is 2.50 bits per heavy atom. The summed E-state index contributed by atoms with van der Waals surface area (Å²) < 4.78 is 17.1. The molecular formula is C21H22N2O9.